The Balaban J connectivity index is 1.17. The average molecular weight is 414 g/mol. The van der Waals surface area contributed by atoms with E-state index in [1.807, 2.05) is 11.8 Å². The van der Waals surface area contributed by atoms with Crippen LogP contribution in [-0.2, 0) is 14.4 Å². The Labute approximate surface area is 172 Å². The van der Waals surface area contributed by atoms with Gasteiger partial charge >= 0.3 is 0 Å². The number of hydrogen-bond acceptors (Lipinski definition) is 8. The van der Waals surface area contributed by atoms with E-state index >= 15 is 0 Å². The molecule has 4 rings (SSSR count). The van der Waals surface area contributed by atoms with Gasteiger partial charge in [-0.05, 0) is 18.8 Å². The van der Waals surface area contributed by atoms with Crippen LogP contribution >= 0.6 is 11.8 Å². The molecule has 0 spiro atoms. The minimum Gasteiger partial charge on any atom is -0.382 e. The van der Waals surface area contributed by atoms with Crippen molar-refractivity contribution in [3.8, 4) is 0 Å². The van der Waals surface area contributed by atoms with E-state index in [4.69, 9.17) is 9.57 Å². The molecule has 0 aromatic rings. The summed E-state index contributed by atoms with van der Waals surface area (Å²) in [6.07, 6.45) is 7.60. The molecule has 9 heteroatoms. The number of carbonyl (C=O) groups is 1. The molecular formula is C19H35N5O3S. The lowest BCUT2D eigenvalue weighted by atomic mass is 9.89. The molecule has 1 amide bonds. The molecule has 1 saturated carbocycles. The Kier molecular flexibility index (Phi) is 7.49. The number of methoxy groups -OCH3 is 1. The molecule has 5 unspecified atom stereocenters. The summed E-state index contributed by atoms with van der Waals surface area (Å²) in [5.41, 5.74) is 6.43. The summed E-state index contributed by atoms with van der Waals surface area (Å²) in [4.78, 5) is 18.4. The molecule has 3 heterocycles. The summed E-state index contributed by atoms with van der Waals surface area (Å²) in [5, 5.41) is 9.61. The Hall–Kier alpha value is -0.420. The van der Waals surface area contributed by atoms with Gasteiger partial charge in [0.15, 0.2) is 0 Å². The van der Waals surface area contributed by atoms with Crippen LogP contribution in [0.15, 0.2) is 0 Å². The van der Waals surface area contributed by atoms with Gasteiger partial charge < -0.3 is 15.4 Å². The van der Waals surface area contributed by atoms with Crippen LogP contribution in [0.25, 0.3) is 0 Å². The van der Waals surface area contributed by atoms with Gasteiger partial charge in [-0.1, -0.05) is 19.3 Å². The van der Waals surface area contributed by atoms with Gasteiger partial charge in [-0.3, -0.25) is 15.1 Å². The van der Waals surface area contributed by atoms with E-state index in [1.54, 1.807) is 7.11 Å². The second-order valence-corrected chi connectivity index (χ2v) is 10.0. The maximum absolute atomic E-state index is 12.7. The van der Waals surface area contributed by atoms with Crippen LogP contribution in [0.4, 0.5) is 0 Å². The van der Waals surface area contributed by atoms with Gasteiger partial charge in [0, 0.05) is 45.0 Å². The number of amides is 1. The molecule has 1 aliphatic carbocycles. The highest BCUT2D eigenvalue weighted by molar-refractivity contribution is 8.00. The first-order chi connectivity index (χ1) is 13.7. The number of nitrogens with zero attached hydrogens (tertiary/aromatic N) is 1. The van der Waals surface area contributed by atoms with Crippen LogP contribution in [0.1, 0.15) is 38.5 Å². The van der Waals surface area contributed by atoms with Crippen molar-refractivity contribution in [3.63, 3.8) is 0 Å². The molecule has 4 fully saturated rings. The van der Waals surface area contributed by atoms with Gasteiger partial charge in [-0.2, -0.15) is 5.48 Å². The largest absolute Gasteiger partial charge is 0.382 e. The molecule has 4 aliphatic rings. The fourth-order valence-electron chi connectivity index (χ4n) is 4.76. The van der Waals surface area contributed by atoms with E-state index in [9.17, 15) is 4.79 Å². The lowest BCUT2D eigenvalue weighted by Gasteiger charge is -2.26. The predicted octanol–water partition coefficient (Wildman–Crippen LogP) is 0.211. The van der Waals surface area contributed by atoms with Crippen LogP contribution in [-0.4, -0.2) is 79.6 Å². The predicted molar refractivity (Wildman–Crippen MR) is 110 cm³/mol. The zero-order valence-corrected chi connectivity index (χ0v) is 17.6. The molecule has 0 radical (unpaired) electrons. The van der Waals surface area contributed by atoms with Gasteiger partial charge in [0.25, 0.3) is 0 Å². The van der Waals surface area contributed by atoms with Crippen molar-refractivity contribution in [2.24, 2.45) is 5.92 Å². The SMILES string of the molecule is COCC1NCC(C2CC(C(=O)NC3CNN(CC4CCCCC4)C3)NO2)S1. The second kappa shape index (κ2) is 10.1. The van der Waals surface area contributed by atoms with Gasteiger partial charge in [-0.15, -0.1) is 11.8 Å². The normalized spacial score (nSPS) is 37.5. The fraction of sp³-hybridized carbons (Fsp3) is 0.947. The summed E-state index contributed by atoms with van der Waals surface area (Å²) < 4.78 is 5.21. The first-order valence-corrected chi connectivity index (χ1v) is 11.7. The van der Waals surface area contributed by atoms with Crippen molar-refractivity contribution in [1.29, 1.82) is 0 Å². The van der Waals surface area contributed by atoms with E-state index in [0.29, 0.717) is 17.2 Å². The Morgan fingerprint density at radius 1 is 1.29 bits per heavy atom. The number of hydrogen-bond donors (Lipinski definition) is 4. The van der Waals surface area contributed by atoms with Crippen molar-refractivity contribution in [1.82, 2.24) is 26.5 Å². The monoisotopic (exact) mass is 413 g/mol. The molecule has 0 bridgehead atoms. The summed E-state index contributed by atoms with van der Waals surface area (Å²) in [7, 11) is 1.72. The minimum atomic E-state index is -0.264. The van der Waals surface area contributed by atoms with Crippen molar-refractivity contribution in [3.05, 3.63) is 0 Å². The average Bonchev–Trinajstić information content (AvgIpc) is 3.44. The summed E-state index contributed by atoms with van der Waals surface area (Å²) in [6, 6.07) is -0.0926. The van der Waals surface area contributed by atoms with Crippen molar-refractivity contribution >= 4 is 17.7 Å². The molecule has 28 heavy (non-hydrogen) atoms. The second-order valence-electron chi connectivity index (χ2n) is 8.57. The molecule has 0 aromatic heterocycles. The number of carbonyl (C=O) groups excluding carboxylic acids is 1. The third-order valence-corrected chi connectivity index (χ3v) is 7.77. The summed E-state index contributed by atoms with van der Waals surface area (Å²) in [5.74, 6) is 0.860. The van der Waals surface area contributed by atoms with Crippen LogP contribution in [0.5, 0.6) is 0 Å². The molecule has 4 N–H and O–H groups in total. The van der Waals surface area contributed by atoms with Gasteiger partial charge in [0.05, 0.1) is 24.1 Å². The van der Waals surface area contributed by atoms with Gasteiger partial charge in [-0.25, -0.2) is 5.01 Å². The standard InChI is InChI=1S/C19H35N5O3S/c1-26-12-18-20-9-17(28-18)16-7-15(23-27-16)19(25)22-14-8-21-24(11-14)10-13-5-3-2-4-6-13/h13-18,20-21,23H,2-12H2,1H3,(H,22,25). The van der Waals surface area contributed by atoms with E-state index in [-0.39, 0.29) is 24.1 Å². The van der Waals surface area contributed by atoms with Crippen molar-refractivity contribution in [2.75, 3.05) is 39.9 Å². The number of hydroxylamine groups is 1. The Morgan fingerprint density at radius 2 is 2.14 bits per heavy atom. The first-order valence-electron chi connectivity index (χ1n) is 10.8. The quantitative estimate of drug-likeness (QED) is 0.471. The lowest BCUT2D eigenvalue weighted by Crippen LogP contribution is -2.47. The number of nitrogens with one attached hydrogen (secondary N) is 4. The highest BCUT2D eigenvalue weighted by Gasteiger charge is 2.40. The molecule has 160 valence electrons. The third-order valence-electron chi connectivity index (χ3n) is 6.32. The Morgan fingerprint density at radius 3 is 2.96 bits per heavy atom. The molecule has 3 aliphatic heterocycles. The third kappa shape index (κ3) is 5.38. The fourth-order valence-corrected chi connectivity index (χ4v) is 6.13. The first kappa shape index (κ1) is 20.8. The highest BCUT2D eigenvalue weighted by atomic mass is 32.2. The highest BCUT2D eigenvalue weighted by Crippen LogP contribution is 2.30. The van der Waals surface area contributed by atoms with Crippen LogP contribution in [0, 0.1) is 5.92 Å². The maximum atomic E-state index is 12.7. The molecular weight excluding hydrogens is 378 g/mol. The lowest BCUT2D eigenvalue weighted by molar-refractivity contribution is -0.124. The van der Waals surface area contributed by atoms with E-state index in [0.717, 1.165) is 38.5 Å². The zero-order chi connectivity index (χ0) is 19.3. The Bertz CT molecular complexity index is 522. The number of hydrazine groups is 1. The van der Waals surface area contributed by atoms with E-state index < -0.39 is 0 Å². The smallest absolute Gasteiger partial charge is 0.239 e. The van der Waals surface area contributed by atoms with Gasteiger partial charge in [0.2, 0.25) is 5.91 Å². The van der Waals surface area contributed by atoms with E-state index in [1.165, 1.54) is 32.1 Å². The summed E-state index contributed by atoms with van der Waals surface area (Å²) >= 11 is 1.85. The zero-order valence-electron chi connectivity index (χ0n) is 16.8. The van der Waals surface area contributed by atoms with E-state index in [2.05, 4.69) is 26.5 Å². The van der Waals surface area contributed by atoms with Crippen molar-refractivity contribution < 1.29 is 14.4 Å². The molecule has 3 saturated heterocycles. The molecule has 0 aromatic carbocycles. The minimum absolute atomic E-state index is 0.0539. The summed E-state index contributed by atoms with van der Waals surface area (Å²) in [6.45, 7) is 4.39. The molecule has 8 nitrogen and oxygen atoms in total. The number of thioether (sulfide) groups is 1. The van der Waals surface area contributed by atoms with Crippen molar-refractivity contribution in [2.45, 2.75) is 67.3 Å². The number of ether oxygens (including phenoxy) is 1. The van der Waals surface area contributed by atoms with Crippen LogP contribution < -0.4 is 21.5 Å². The number of rotatable bonds is 7. The van der Waals surface area contributed by atoms with Gasteiger partial charge in [0.1, 0.15) is 6.04 Å². The topological polar surface area (TPSA) is 86.9 Å². The van der Waals surface area contributed by atoms with Crippen LogP contribution in [0.2, 0.25) is 0 Å². The van der Waals surface area contributed by atoms with Crippen LogP contribution in [0.3, 0.4) is 0 Å². The maximum Gasteiger partial charge on any atom is 0.239 e. The molecule has 5 atom stereocenters.